The van der Waals surface area contributed by atoms with Gasteiger partial charge in [0.25, 0.3) is 5.89 Å². The summed E-state index contributed by atoms with van der Waals surface area (Å²) < 4.78 is 83.5. The van der Waals surface area contributed by atoms with E-state index in [2.05, 4.69) is 15.5 Å². The lowest BCUT2D eigenvalue weighted by atomic mass is 9.99. The number of nitrogens with one attached hydrogen (secondary N) is 2. The molecule has 2 aromatic carbocycles. The van der Waals surface area contributed by atoms with Crippen molar-refractivity contribution in [3.8, 4) is 17.5 Å². The fraction of sp³-hybridized carbons (Fsp3) is 0.158. The fourth-order valence-electron chi connectivity index (χ4n) is 2.77. The Bertz CT molecular complexity index is 1160. The van der Waals surface area contributed by atoms with Crippen molar-refractivity contribution in [2.45, 2.75) is 18.9 Å². The number of halogens is 6. The van der Waals surface area contributed by atoms with Crippen LogP contribution in [0.5, 0.6) is 0 Å². The van der Waals surface area contributed by atoms with E-state index in [0.29, 0.717) is 6.21 Å². The highest BCUT2D eigenvalue weighted by atomic mass is 19.4. The Labute approximate surface area is 170 Å². The molecule has 0 aliphatic rings. The number of hydrogen-bond donors (Lipinski definition) is 2. The lowest BCUT2D eigenvalue weighted by Crippen LogP contribution is -2.14. The zero-order valence-electron chi connectivity index (χ0n) is 15.3. The van der Waals surface area contributed by atoms with Crippen LogP contribution in [-0.2, 0) is 18.9 Å². The molecule has 0 aliphatic heterocycles. The predicted molar refractivity (Wildman–Crippen MR) is 96.1 cm³/mol. The molecule has 0 unspecified atom stereocenters. The number of benzene rings is 2. The Morgan fingerprint density at radius 2 is 1.84 bits per heavy atom. The second kappa shape index (κ2) is 8.10. The number of nitriles is 1. The standard InChI is InChI=1S/C19H11F6N5O/c20-18(21,22)12-3-1-2-10(6-12)17-29-15(30-31-17)9-28-14-5-4-11(7-26)16(13(14)8-27)19(23,24)25/h1-6,8,27-28H,9H2. The maximum Gasteiger partial charge on any atom is 0.418 e. The molecule has 12 heteroatoms. The molecule has 0 bridgehead atoms. The molecule has 3 aromatic rings. The van der Waals surface area contributed by atoms with E-state index in [1.165, 1.54) is 24.3 Å². The van der Waals surface area contributed by atoms with Crippen molar-refractivity contribution in [3.05, 3.63) is 64.5 Å². The first kappa shape index (κ1) is 21.8. The van der Waals surface area contributed by atoms with E-state index < -0.39 is 34.6 Å². The molecular formula is C19H11F6N5O. The van der Waals surface area contributed by atoms with Crippen LogP contribution in [-0.4, -0.2) is 16.4 Å². The Hall–Kier alpha value is -3.88. The number of alkyl halides is 6. The summed E-state index contributed by atoms with van der Waals surface area (Å²) in [6, 6.07) is 7.82. The smallest absolute Gasteiger partial charge is 0.377 e. The molecule has 0 atom stereocenters. The van der Waals surface area contributed by atoms with Crippen LogP contribution in [0, 0.1) is 16.7 Å². The van der Waals surface area contributed by atoms with Crippen molar-refractivity contribution < 1.29 is 30.9 Å². The summed E-state index contributed by atoms with van der Waals surface area (Å²) >= 11 is 0. The minimum Gasteiger partial charge on any atom is -0.377 e. The summed E-state index contributed by atoms with van der Waals surface area (Å²) in [5, 5.41) is 22.5. The van der Waals surface area contributed by atoms with Gasteiger partial charge >= 0.3 is 12.4 Å². The molecule has 0 aliphatic carbocycles. The number of anilines is 1. The second-order valence-electron chi connectivity index (χ2n) is 6.15. The minimum absolute atomic E-state index is 0.0199. The summed E-state index contributed by atoms with van der Waals surface area (Å²) in [5.74, 6) is -0.243. The Morgan fingerprint density at radius 3 is 2.45 bits per heavy atom. The van der Waals surface area contributed by atoms with Crippen LogP contribution in [0.25, 0.3) is 11.5 Å². The SMILES string of the molecule is N#Cc1ccc(NCc2noc(-c3cccc(C(F)(F)F)c3)n2)c(C=N)c1C(F)(F)F. The van der Waals surface area contributed by atoms with Gasteiger partial charge in [-0.3, -0.25) is 0 Å². The highest BCUT2D eigenvalue weighted by Gasteiger charge is 2.37. The molecule has 3 rings (SSSR count). The van der Waals surface area contributed by atoms with Gasteiger partial charge in [0, 0.05) is 23.0 Å². The quantitative estimate of drug-likeness (QED) is 0.418. The van der Waals surface area contributed by atoms with Gasteiger partial charge in [0.1, 0.15) is 0 Å². The van der Waals surface area contributed by atoms with Crippen LogP contribution >= 0.6 is 0 Å². The van der Waals surface area contributed by atoms with Crippen molar-refractivity contribution in [1.82, 2.24) is 10.1 Å². The third-order valence-electron chi connectivity index (χ3n) is 4.14. The van der Waals surface area contributed by atoms with Gasteiger partial charge < -0.3 is 15.2 Å². The van der Waals surface area contributed by atoms with Crippen molar-refractivity contribution >= 4 is 11.9 Å². The third-order valence-corrected chi connectivity index (χ3v) is 4.14. The first-order valence-electron chi connectivity index (χ1n) is 8.43. The lowest BCUT2D eigenvalue weighted by molar-refractivity contribution is -0.138. The molecule has 6 nitrogen and oxygen atoms in total. The molecule has 1 heterocycles. The van der Waals surface area contributed by atoms with E-state index in [1.807, 2.05) is 0 Å². The van der Waals surface area contributed by atoms with Gasteiger partial charge in [-0.05, 0) is 30.3 Å². The highest BCUT2D eigenvalue weighted by molar-refractivity contribution is 5.89. The van der Waals surface area contributed by atoms with Crippen molar-refractivity contribution in [3.63, 3.8) is 0 Å². The second-order valence-corrected chi connectivity index (χ2v) is 6.15. The molecule has 0 fully saturated rings. The average molecular weight is 439 g/mol. The molecular weight excluding hydrogens is 428 g/mol. The molecule has 0 radical (unpaired) electrons. The number of nitrogens with zero attached hydrogens (tertiary/aromatic N) is 3. The van der Waals surface area contributed by atoms with Gasteiger partial charge in [-0.2, -0.15) is 36.6 Å². The number of hydrogen-bond acceptors (Lipinski definition) is 6. The van der Waals surface area contributed by atoms with Crippen LogP contribution in [0.15, 0.2) is 40.9 Å². The van der Waals surface area contributed by atoms with E-state index in [0.717, 1.165) is 18.2 Å². The van der Waals surface area contributed by atoms with Crippen LogP contribution in [0.3, 0.4) is 0 Å². The molecule has 0 saturated heterocycles. The molecule has 1 aromatic heterocycles. The van der Waals surface area contributed by atoms with Gasteiger partial charge in [0.2, 0.25) is 0 Å². The first-order valence-corrected chi connectivity index (χ1v) is 8.43. The number of rotatable bonds is 5. The predicted octanol–water partition coefficient (Wildman–Crippen LogP) is 5.26. The van der Waals surface area contributed by atoms with Crippen LogP contribution in [0.2, 0.25) is 0 Å². The normalized spacial score (nSPS) is 11.8. The lowest BCUT2D eigenvalue weighted by Gasteiger charge is -2.16. The summed E-state index contributed by atoms with van der Waals surface area (Å²) in [7, 11) is 0. The van der Waals surface area contributed by atoms with Crippen molar-refractivity contribution in [2.75, 3.05) is 5.32 Å². The van der Waals surface area contributed by atoms with E-state index >= 15 is 0 Å². The molecule has 0 spiro atoms. The number of aromatic nitrogens is 2. The Kier molecular flexibility index (Phi) is 5.70. The summed E-state index contributed by atoms with van der Waals surface area (Å²) in [6.45, 7) is -0.244. The average Bonchev–Trinajstić information content (AvgIpc) is 3.19. The van der Waals surface area contributed by atoms with Crippen molar-refractivity contribution in [2.24, 2.45) is 0 Å². The Balaban J connectivity index is 1.85. The van der Waals surface area contributed by atoms with E-state index in [4.69, 9.17) is 15.2 Å². The van der Waals surface area contributed by atoms with Crippen LogP contribution in [0.1, 0.15) is 28.1 Å². The van der Waals surface area contributed by atoms with E-state index in [9.17, 15) is 26.3 Å². The zero-order valence-corrected chi connectivity index (χ0v) is 15.3. The third kappa shape index (κ3) is 4.66. The van der Waals surface area contributed by atoms with E-state index in [-0.39, 0.29) is 29.5 Å². The molecule has 31 heavy (non-hydrogen) atoms. The summed E-state index contributed by atoms with van der Waals surface area (Å²) in [5.41, 5.74) is -3.43. The highest BCUT2D eigenvalue weighted by Crippen LogP contribution is 2.37. The van der Waals surface area contributed by atoms with Gasteiger partial charge in [0.15, 0.2) is 5.82 Å². The van der Waals surface area contributed by atoms with Crippen LogP contribution in [0.4, 0.5) is 32.0 Å². The summed E-state index contributed by atoms with van der Waals surface area (Å²) in [4.78, 5) is 3.94. The van der Waals surface area contributed by atoms with Gasteiger partial charge in [-0.15, -0.1) is 0 Å². The Morgan fingerprint density at radius 1 is 1.10 bits per heavy atom. The molecule has 2 N–H and O–H groups in total. The van der Waals surface area contributed by atoms with Crippen molar-refractivity contribution in [1.29, 1.82) is 10.7 Å². The molecule has 0 amide bonds. The zero-order chi connectivity index (χ0) is 22.8. The first-order chi connectivity index (χ1) is 14.5. The van der Waals surface area contributed by atoms with Gasteiger partial charge in [0.05, 0.1) is 29.3 Å². The monoisotopic (exact) mass is 439 g/mol. The maximum absolute atomic E-state index is 13.3. The minimum atomic E-state index is -4.86. The largest absolute Gasteiger partial charge is 0.418 e. The maximum atomic E-state index is 13.3. The van der Waals surface area contributed by atoms with E-state index in [1.54, 1.807) is 0 Å². The molecule has 160 valence electrons. The summed E-state index contributed by atoms with van der Waals surface area (Å²) in [6.07, 6.45) is -8.95. The van der Waals surface area contributed by atoms with Gasteiger partial charge in [-0.25, -0.2) is 0 Å². The van der Waals surface area contributed by atoms with Gasteiger partial charge in [-0.1, -0.05) is 11.2 Å². The molecule has 0 saturated carbocycles. The topological polar surface area (TPSA) is 98.6 Å². The van der Waals surface area contributed by atoms with Crippen LogP contribution < -0.4 is 5.32 Å². The fourth-order valence-corrected chi connectivity index (χ4v) is 2.77.